The molecule has 33 heavy (non-hydrogen) atoms. The van der Waals surface area contributed by atoms with Gasteiger partial charge in [-0.3, -0.25) is 0 Å². The number of benzene rings is 2. The third kappa shape index (κ3) is 5.03. The standard InChI is InChI=1S/C20H18Cl2N6O2S3/c1-28(2)33(29,30)12-9-7-11(8-10-12)23-17-16-18(27-19(26-17)31-3)32-20(25-16)24-15-13(21)5-4-6-14(15)22/h4-10H,1-3H3,(H,24,25)(H,23,26,27). The number of rotatable bonds is 7. The number of para-hydroxylation sites is 1. The fourth-order valence-corrected chi connectivity index (χ4v) is 5.48. The van der Waals surface area contributed by atoms with Gasteiger partial charge in [0.15, 0.2) is 20.9 Å². The molecule has 0 spiro atoms. The molecule has 4 rings (SSSR count). The van der Waals surface area contributed by atoms with Crippen molar-refractivity contribution in [2.45, 2.75) is 10.1 Å². The first-order chi connectivity index (χ1) is 15.7. The lowest BCUT2D eigenvalue weighted by Crippen LogP contribution is -2.22. The average Bonchev–Trinajstić information content (AvgIpc) is 3.19. The predicted molar refractivity (Wildman–Crippen MR) is 137 cm³/mol. The van der Waals surface area contributed by atoms with Crippen molar-refractivity contribution in [2.75, 3.05) is 31.0 Å². The van der Waals surface area contributed by atoms with Gasteiger partial charge >= 0.3 is 0 Å². The van der Waals surface area contributed by atoms with Crippen LogP contribution in [-0.4, -0.2) is 48.0 Å². The summed E-state index contributed by atoms with van der Waals surface area (Å²) in [4.78, 5) is 14.6. The van der Waals surface area contributed by atoms with Crippen LogP contribution in [0.5, 0.6) is 0 Å². The minimum absolute atomic E-state index is 0.201. The highest BCUT2D eigenvalue weighted by atomic mass is 35.5. The summed E-state index contributed by atoms with van der Waals surface area (Å²) in [5, 5.41) is 8.47. The molecular weight excluding hydrogens is 523 g/mol. The lowest BCUT2D eigenvalue weighted by atomic mass is 10.3. The van der Waals surface area contributed by atoms with E-state index in [2.05, 4.69) is 25.6 Å². The van der Waals surface area contributed by atoms with Crippen molar-refractivity contribution in [2.24, 2.45) is 0 Å². The fraction of sp³-hybridized carbons (Fsp3) is 0.150. The van der Waals surface area contributed by atoms with Gasteiger partial charge in [-0.15, -0.1) is 0 Å². The summed E-state index contributed by atoms with van der Waals surface area (Å²) >= 11 is 15.3. The minimum Gasteiger partial charge on any atom is -0.338 e. The van der Waals surface area contributed by atoms with Gasteiger partial charge in [-0.05, 0) is 42.7 Å². The molecule has 0 saturated heterocycles. The third-order valence-corrected chi connectivity index (χ3v) is 8.38. The molecule has 0 aliphatic heterocycles. The topological polar surface area (TPSA) is 100 Å². The van der Waals surface area contributed by atoms with E-state index >= 15 is 0 Å². The van der Waals surface area contributed by atoms with Crippen molar-refractivity contribution in [3.05, 3.63) is 52.5 Å². The van der Waals surface area contributed by atoms with E-state index in [9.17, 15) is 8.42 Å². The van der Waals surface area contributed by atoms with Gasteiger partial charge in [0.1, 0.15) is 5.52 Å². The molecular formula is C20H18Cl2N6O2S3. The van der Waals surface area contributed by atoms with Crippen molar-refractivity contribution in [3.8, 4) is 0 Å². The second-order valence-corrected chi connectivity index (χ2v) is 11.6. The molecule has 0 unspecified atom stereocenters. The van der Waals surface area contributed by atoms with E-state index in [0.717, 1.165) is 0 Å². The zero-order valence-corrected chi connectivity index (χ0v) is 21.6. The number of hydrogen-bond donors (Lipinski definition) is 2. The highest BCUT2D eigenvalue weighted by molar-refractivity contribution is 7.98. The number of anilines is 4. The van der Waals surface area contributed by atoms with Crippen LogP contribution >= 0.6 is 46.3 Å². The highest BCUT2D eigenvalue weighted by Crippen LogP contribution is 2.37. The van der Waals surface area contributed by atoms with Crippen molar-refractivity contribution < 1.29 is 8.42 Å². The first-order valence-electron chi connectivity index (χ1n) is 9.42. The normalized spacial score (nSPS) is 11.8. The van der Waals surface area contributed by atoms with Crippen LogP contribution in [0.4, 0.5) is 22.3 Å². The summed E-state index contributed by atoms with van der Waals surface area (Å²) in [7, 11) is -0.524. The molecule has 0 aliphatic rings. The van der Waals surface area contributed by atoms with Gasteiger partial charge < -0.3 is 10.6 Å². The Hall–Kier alpha value is -2.15. The van der Waals surface area contributed by atoms with Crippen LogP contribution < -0.4 is 10.6 Å². The van der Waals surface area contributed by atoms with Crippen LogP contribution in [0, 0.1) is 0 Å². The van der Waals surface area contributed by atoms with Crippen molar-refractivity contribution in [1.29, 1.82) is 0 Å². The van der Waals surface area contributed by atoms with Crippen molar-refractivity contribution >= 4 is 89.0 Å². The largest absolute Gasteiger partial charge is 0.338 e. The monoisotopic (exact) mass is 540 g/mol. The van der Waals surface area contributed by atoms with E-state index in [0.29, 0.717) is 47.9 Å². The molecule has 0 atom stereocenters. The molecule has 172 valence electrons. The molecule has 0 radical (unpaired) electrons. The molecule has 2 N–H and O–H groups in total. The quantitative estimate of drug-likeness (QED) is 0.222. The van der Waals surface area contributed by atoms with Crippen LogP contribution in [0.2, 0.25) is 10.0 Å². The Morgan fingerprint density at radius 1 is 0.970 bits per heavy atom. The number of sulfonamides is 1. The zero-order chi connectivity index (χ0) is 23.8. The Morgan fingerprint density at radius 2 is 1.64 bits per heavy atom. The summed E-state index contributed by atoms with van der Waals surface area (Å²) < 4.78 is 25.8. The van der Waals surface area contributed by atoms with Gasteiger partial charge in [0, 0.05) is 19.8 Å². The zero-order valence-electron chi connectivity index (χ0n) is 17.6. The molecule has 0 saturated carbocycles. The smallest absolute Gasteiger partial charge is 0.242 e. The Morgan fingerprint density at radius 3 is 2.24 bits per heavy atom. The Kier molecular flexibility index (Phi) is 6.99. The lowest BCUT2D eigenvalue weighted by molar-refractivity contribution is 0.521. The Labute approximate surface area is 209 Å². The summed E-state index contributed by atoms with van der Waals surface area (Å²) in [6, 6.07) is 11.7. The van der Waals surface area contributed by atoms with Crippen molar-refractivity contribution in [1.82, 2.24) is 19.3 Å². The van der Waals surface area contributed by atoms with Crippen LogP contribution in [0.15, 0.2) is 52.5 Å². The average molecular weight is 542 g/mol. The first-order valence-corrected chi connectivity index (χ1v) is 13.7. The fourth-order valence-electron chi connectivity index (χ4n) is 2.82. The maximum absolute atomic E-state index is 12.3. The third-order valence-electron chi connectivity index (χ3n) is 4.51. The maximum Gasteiger partial charge on any atom is 0.242 e. The van der Waals surface area contributed by atoms with E-state index in [1.165, 1.54) is 41.5 Å². The predicted octanol–water partition coefficient (Wildman–Crippen LogP) is 5.85. The second kappa shape index (κ2) is 9.61. The van der Waals surface area contributed by atoms with E-state index in [-0.39, 0.29) is 4.90 Å². The van der Waals surface area contributed by atoms with Crippen LogP contribution in [0.3, 0.4) is 0 Å². The van der Waals surface area contributed by atoms with Crippen LogP contribution in [0.25, 0.3) is 10.3 Å². The van der Waals surface area contributed by atoms with Gasteiger partial charge in [0.05, 0.1) is 20.6 Å². The molecule has 4 aromatic rings. The van der Waals surface area contributed by atoms with Gasteiger partial charge in [-0.2, -0.15) is 0 Å². The summed E-state index contributed by atoms with van der Waals surface area (Å²) in [5.74, 6) is 0.502. The van der Waals surface area contributed by atoms with Crippen LogP contribution in [0.1, 0.15) is 0 Å². The molecule has 0 aliphatic carbocycles. The van der Waals surface area contributed by atoms with Gasteiger partial charge in [0.2, 0.25) is 10.0 Å². The number of thioether (sulfide) groups is 1. The summed E-state index contributed by atoms with van der Waals surface area (Å²) in [6.45, 7) is 0. The number of nitrogens with one attached hydrogen (secondary N) is 2. The molecule has 2 heterocycles. The van der Waals surface area contributed by atoms with Crippen LogP contribution in [-0.2, 0) is 10.0 Å². The molecule has 0 bridgehead atoms. The second-order valence-electron chi connectivity index (χ2n) is 6.89. The summed E-state index contributed by atoms with van der Waals surface area (Å²) in [6.07, 6.45) is 1.88. The number of halogens is 2. The SMILES string of the molecule is CSc1nc(Nc2ccc(S(=O)(=O)N(C)C)cc2)c2nc(Nc3c(Cl)cccc3Cl)sc2n1. The van der Waals surface area contributed by atoms with E-state index < -0.39 is 10.0 Å². The van der Waals surface area contributed by atoms with Gasteiger partial charge in [0.25, 0.3) is 0 Å². The van der Waals surface area contributed by atoms with Gasteiger partial charge in [-0.1, -0.05) is 52.4 Å². The molecule has 8 nitrogen and oxygen atoms in total. The molecule has 0 amide bonds. The number of aromatic nitrogens is 3. The molecule has 0 fully saturated rings. The first kappa shape index (κ1) is 24.0. The number of nitrogens with zero attached hydrogens (tertiary/aromatic N) is 4. The van der Waals surface area contributed by atoms with E-state index in [1.807, 2.05) is 6.26 Å². The lowest BCUT2D eigenvalue weighted by Gasteiger charge is -2.12. The molecule has 13 heteroatoms. The van der Waals surface area contributed by atoms with E-state index in [1.54, 1.807) is 42.5 Å². The minimum atomic E-state index is -3.51. The Bertz CT molecular complexity index is 1410. The van der Waals surface area contributed by atoms with Gasteiger partial charge in [-0.25, -0.2) is 27.7 Å². The van der Waals surface area contributed by atoms with Crippen molar-refractivity contribution in [3.63, 3.8) is 0 Å². The number of fused-ring (bicyclic) bond motifs is 1. The molecule has 2 aromatic carbocycles. The highest BCUT2D eigenvalue weighted by Gasteiger charge is 2.18. The number of hydrogen-bond acceptors (Lipinski definition) is 9. The Balaban J connectivity index is 1.69. The molecule has 2 aromatic heterocycles. The maximum atomic E-state index is 12.3. The summed E-state index contributed by atoms with van der Waals surface area (Å²) in [5.41, 5.74) is 1.79. The number of thiazole rings is 1. The van der Waals surface area contributed by atoms with E-state index in [4.69, 9.17) is 23.2 Å².